The van der Waals surface area contributed by atoms with Gasteiger partial charge in [0.1, 0.15) is 5.82 Å². The summed E-state index contributed by atoms with van der Waals surface area (Å²) >= 11 is 0. The monoisotopic (exact) mass is 350 g/mol. The second-order valence-corrected chi connectivity index (χ2v) is 6.22. The van der Waals surface area contributed by atoms with Crippen LogP contribution in [0.1, 0.15) is 24.0 Å². The molecule has 0 saturated heterocycles. The quantitative estimate of drug-likeness (QED) is 0.588. The van der Waals surface area contributed by atoms with E-state index >= 15 is 0 Å². The number of H-pyrrole nitrogens is 2. The number of nitrogens with one attached hydrogen (secondary N) is 2. The molecule has 0 spiro atoms. The molecule has 0 saturated carbocycles. The number of benzene rings is 1. The Morgan fingerprint density at radius 1 is 1.15 bits per heavy atom. The van der Waals surface area contributed by atoms with Gasteiger partial charge in [0.05, 0.1) is 16.6 Å². The molecule has 0 radical (unpaired) electrons. The maximum absolute atomic E-state index is 13.0. The molecule has 0 aliphatic heterocycles. The summed E-state index contributed by atoms with van der Waals surface area (Å²) in [4.78, 5) is 29.9. The van der Waals surface area contributed by atoms with Crippen LogP contribution in [0.15, 0.2) is 39.9 Å². The van der Waals surface area contributed by atoms with Crippen LogP contribution in [0.25, 0.3) is 22.5 Å². The van der Waals surface area contributed by atoms with Crippen LogP contribution in [-0.4, -0.2) is 29.5 Å². The van der Waals surface area contributed by atoms with Gasteiger partial charge in [-0.05, 0) is 31.5 Å². The molecule has 8 heteroatoms. The zero-order valence-corrected chi connectivity index (χ0v) is 14.7. The van der Waals surface area contributed by atoms with E-state index in [4.69, 9.17) is 0 Å². The van der Waals surface area contributed by atoms with E-state index < -0.39 is 0 Å². The van der Waals surface area contributed by atoms with E-state index in [1.165, 1.54) is 15.3 Å². The van der Waals surface area contributed by atoms with E-state index in [0.717, 1.165) is 11.3 Å². The van der Waals surface area contributed by atoms with Gasteiger partial charge in [0.25, 0.3) is 17.1 Å². The van der Waals surface area contributed by atoms with Crippen molar-refractivity contribution in [2.24, 2.45) is 0 Å². The van der Waals surface area contributed by atoms with Crippen LogP contribution in [-0.2, 0) is 6.42 Å². The molecule has 3 aromatic heterocycles. The summed E-state index contributed by atoms with van der Waals surface area (Å²) in [7, 11) is 0. The lowest BCUT2D eigenvalue weighted by Gasteiger charge is -2.04. The van der Waals surface area contributed by atoms with Gasteiger partial charge in [-0.2, -0.15) is 4.98 Å². The van der Waals surface area contributed by atoms with Crippen molar-refractivity contribution in [1.29, 1.82) is 0 Å². The van der Waals surface area contributed by atoms with Crippen molar-refractivity contribution in [2.45, 2.75) is 27.2 Å². The number of aromatic amines is 2. The summed E-state index contributed by atoms with van der Waals surface area (Å²) in [5.41, 5.74) is 2.23. The number of pyridine rings is 1. The molecular weight excluding hydrogens is 332 g/mol. The number of nitrogens with zero attached hydrogens (tertiary/aromatic N) is 4. The number of hydrogen-bond acceptors (Lipinski definition) is 4. The molecule has 0 aliphatic rings. The Morgan fingerprint density at radius 2 is 1.96 bits per heavy atom. The highest BCUT2D eigenvalue weighted by molar-refractivity contribution is 5.81. The Bertz CT molecular complexity index is 1240. The highest BCUT2D eigenvalue weighted by atomic mass is 16.1. The van der Waals surface area contributed by atoms with E-state index in [0.29, 0.717) is 28.8 Å². The highest BCUT2D eigenvalue weighted by Crippen LogP contribution is 2.15. The van der Waals surface area contributed by atoms with Gasteiger partial charge in [-0.15, -0.1) is 5.10 Å². The van der Waals surface area contributed by atoms with Crippen molar-refractivity contribution in [3.05, 3.63) is 68.1 Å². The van der Waals surface area contributed by atoms with E-state index in [9.17, 15) is 9.59 Å². The molecule has 0 bridgehead atoms. The fourth-order valence-electron chi connectivity index (χ4n) is 3.11. The average Bonchev–Trinajstić information content (AvgIpc) is 3.19. The van der Waals surface area contributed by atoms with Gasteiger partial charge < -0.3 is 0 Å². The summed E-state index contributed by atoms with van der Waals surface area (Å²) in [6.45, 7) is 5.62. The maximum atomic E-state index is 13.0. The second-order valence-electron chi connectivity index (χ2n) is 6.22. The van der Waals surface area contributed by atoms with Gasteiger partial charge in [0.2, 0.25) is 0 Å². The number of aryl methyl sites for hydroxylation is 3. The normalized spacial score (nSPS) is 11.3. The summed E-state index contributed by atoms with van der Waals surface area (Å²) in [5.74, 6) is 0.923. The number of hydrogen-bond donors (Lipinski definition) is 2. The first-order valence-electron chi connectivity index (χ1n) is 8.35. The lowest BCUT2D eigenvalue weighted by molar-refractivity contribution is 0.862. The first-order valence-corrected chi connectivity index (χ1v) is 8.35. The van der Waals surface area contributed by atoms with Crippen LogP contribution in [0.2, 0.25) is 0 Å². The van der Waals surface area contributed by atoms with Crippen molar-refractivity contribution >= 4 is 10.9 Å². The van der Waals surface area contributed by atoms with Crippen molar-refractivity contribution in [1.82, 2.24) is 29.5 Å². The molecular formula is C18H18N6O2. The fraction of sp³-hybridized carbons (Fsp3) is 0.222. The Labute approximate surface area is 148 Å². The predicted octanol–water partition coefficient (Wildman–Crippen LogP) is 1.77. The van der Waals surface area contributed by atoms with Crippen molar-refractivity contribution in [2.75, 3.05) is 0 Å². The third kappa shape index (κ3) is 2.38. The van der Waals surface area contributed by atoms with Crippen LogP contribution in [0.5, 0.6) is 0 Å². The van der Waals surface area contributed by atoms with Crippen LogP contribution in [0.3, 0.4) is 0 Å². The lowest BCUT2D eigenvalue weighted by Crippen LogP contribution is -2.22. The van der Waals surface area contributed by atoms with Gasteiger partial charge in [0.15, 0.2) is 0 Å². The minimum atomic E-state index is -0.297. The largest absolute Gasteiger partial charge is 0.290 e. The van der Waals surface area contributed by atoms with Crippen LogP contribution >= 0.6 is 0 Å². The predicted molar refractivity (Wildman–Crippen MR) is 98.3 cm³/mol. The highest BCUT2D eigenvalue weighted by Gasteiger charge is 2.18. The zero-order chi connectivity index (χ0) is 18.4. The van der Waals surface area contributed by atoms with Crippen LogP contribution < -0.4 is 11.1 Å². The number of fused-ring (bicyclic) bond motifs is 1. The van der Waals surface area contributed by atoms with E-state index in [1.807, 2.05) is 38.1 Å². The lowest BCUT2D eigenvalue weighted by atomic mass is 10.2. The van der Waals surface area contributed by atoms with E-state index in [1.54, 1.807) is 6.92 Å². The summed E-state index contributed by atoms with van der Waals surface area (Å²) in [6.07, 6.45) is 0.674. The second kappa shape index (κ2) is 5.83. The van der Waals surface area contributed by atoms with Crippen molar-refractivity contribution in [3.63, 3.8) is 0 Å². The fourth-order valence-corrected chi connectivity index (χ4v) is 3.11. The molecule has 26 heavy (non-hydrogen) atoms. The smallest absolute Gasteiger partial charge is 0.280 e. The van der Waals surface area contributed by atoms with Crippen molar-refractivity contribution < 1.29 is 0 Å². The molecule has 132 valence electrons. The Balaban J connectivity index is 2.00. The molecule has 3 heterocycles. The van der Waals surface area contributed by atoms with Gasteiger partial charge in [0, 0.05) is 18.2 Å². The molecule has 0 unspecified atom stereocenters. The standard InChI is InChI=1S/C18H18N6O2/c1-4-14-19-18(21-20-14)23-11(3)16-13(9-15(23)25)22-24(17(16)26)12-7-5-6-10(2)8-12/h5-9,22H,4H2,1-3H3,(H,19,20,21). The molecule has 4 rings (SSSR count). The Hall–Kier alpha value is -3.42. The number of rotatable bonds is 3. The number of aromatic nitrogens is 6. The van der Waals surface area contributed by atoms with Gasteiger partial charge in [-0.25, -0.2) is 9.25 Å². The minimum Gasteiger partial charge on any atom is -0.290 e. The maximum Gasteiger partial charge on any atom is 0.280 e. The molecule has 0 atom stereocenters. The van der Waals surface area contributed by atoms with E-state index in [2.05, 4.69) is 20.3 Å². The first kappa shape index (κ1) is 16.1. The molecule has 8 nitrogen and oxygen atoms in total. The molecule has 2 N–H and O–H groups in total. The molecule has 0 fully saturated rings. The molecule has 0 aliphatic carbocycles. The third-order valence-corrected chi connectivity index (χ3v) is 4.42. The van der Waals surface area contributed by atoms with Crippen LogP contribution in [0.4, 0.5) is 0 Å². The molecule has 4 aromatic rings. The topological polar surface area (TPSA) is 101 Å². The Morgan fingerprint density at radius 3 is 2.65 bits per heavy atom. The zero-order valence-electron chi connectivity index (χ0n) is 14.7. The SMILES string of the molecule is CCc1nc(-n2c(C)c3c(=O)n(-c4cccc(C)c4)[nH]c3cc2=O)n[nH]1. The van der Waals surface area contributed by atoms with Gasteiger partial charge >= 0.3 is 0 Å². The summed E-state index contributed by atoms with van der Waals surface area (Å²) in [5, 5.41) is 10.4. The van der Waals surface area contributed by atoms with Gasteiger partial charge in [-0.3, -0.25) is 19.8 Å². The average molecular weight is 350 g/mol. The summed E-state index contributed by atoms with van der Waals surface area (Å²) < 4.78 is 2.80. The third-order valence-electron chi connectivity index (χ3n) is 4.42. The molecule has 1 aromatic carbocycles. The Kier molecular flexibility index (Phi) is 3.61. The minimum absolute atomic E-state index is 0.219. The molecule has 0 amide bonds. The van der Waals surface area contributed by atoms with Crippen molar-refractivity contribution in [3.8, 4) is 11.6 Å². The van der Waals surface area contributed by atoms with E-state index in [-0.39, 0.29) is 17.1 Å². The summed E-state index contributed by atoms with van der Waals surface area (Å²) in [6, 6.07) is 8.99. The van der Waals surface area contributed by atoms with Gasteiger partial charge in [-0.1, -0.05) is 19.1 Å². The first-order chi connectivity index (χ1) is 12.5. The van der Waals surface area contributed by atoms with Crippen LogP contribution in [0, 0.1) is 13.8 Å².